The highest BCUT2D eigenvalue weighted by atomic mass is 32.2. The second kappa shape index (κ2) is 6.84. The van der Waals surface area contributed by atoms with Gasteiger partial charge in [0.05, 0.1) is 5.92 Å². The number of piperidine rings is 1. The Hall–Kier alpha value is -0.660. The van der Waals surface area contributed by atoms with Crippen molar-refractivity contribution in [1.82, 2.24) is 13.9 Å². The number of rotatable bonds is 4. The fraction of sp³-hybridized carbons (Fsp3) is 0.933. The predicted octanol–water partition coefficient (Wildman–Crippen LogP) is 1.34. The van der Waals surface area contributed by atoms with E-state index in [1.54, 1.807) is 0 Å². The van der Waals surface area contributed by atoms with Crippen molar-refractivity contribution in [1.29, 1.82) is 0 Å². The third-order valence-electron chi connectivity index (χ3n) is 4.92. The molecule has 2 fully saturated rings. The van der Waals surface area contributed by atoms with Crippen molar-refractivity contribution >= 4 is 16.1 Å². The minimum absolute atomic E-state index is 0.0167. The summed E-state index contributed by atoms with van der Waals surface area (Å²) in [6.07, 6.45) is 7.09. The summed E-state index contributed by atoms with van der Waals surface area (Å²) in [5.41, 5.74) is -0.113. The maximum atomic E-state index is 12.6. The van der Waals surface area contributed by atoms with E-state index in [1.807, 2.05) is 0 Å². The molecule has 22 heavy (non-hydrogen) atoms. The molecular weight excluding hydrogens is 302 g/mol. The second-order valence-corrected chi connectivity index (χ2v) is 9.24. The summed E-state index contributed by atoms with van der Waals surface area (Å²) >= 11 is 0. The Labute approximate surface area is 134 Å². The minimum Gasteiger partial charge on any atom is -0.351 e. The lowest BCUT2D eigenvalue weighted by Crippen LogP contribution is -2.53. The van der Waals surface area contributed by atoms with Gasteiger partial charge in [-0.05, 0) is 32.6 Å². The molecule has 1 saturated carbocycles. The lowest BCUT2D eigenvalue weighted by Gasteiger charge is -2.38. The van der Waals surface area contributed by atoms with Crippen LogP contribution in [0.25, 0.3) is 0 Å². The first-order chi connectivity index (χ1) is 10.2. The summed E-state index contributed by atoms with van der Waals surface area (Å²) in [7, 11) is -0.368. The van der Waals surface area contributed by atoms with Crippen LogP contribution >= 0.6 is 0 Å². The quantitative estimate of drug-likeness (QED) is 0.845. The lowest BCUT2D eigenvalue weighted by molar-refractivity contribution is -0.128. The maximum absolute atomic E-state index is 12.6. The third kappa shape index (κ3) is 4.00. The van der Waals surface area contributed by atoms with Crippen LogP contribution in [-0.4, -0.2) is 55.7 Å². The average Bonchev–Trinajstić information content (AvgIpc) is 2.47. The van der Waals surface area contributed by atoms with Crippen LogP contribution in [0.5, 0.6) is 0 Å². The maximum Gasteiger partial charge on any atom is 0.281 e. The summed E-state index contributed by atoms with van der Waals surface area (Å²) in [6, 6.07) is 0. The van der Waals surface area contributed by atoms with Crippen LogP contribution in [-0.2, 0) is 15.0 Å². The molecule has 1 aliphatic carbocycles. The summed E-state index contributed by atoms with van der Waals surface area (Å²) in [6.45, 7) is 2.91. The summed E-state index contributed by atoms with van der Waals surface area (Å²) < 4.78 is 27.1. The number of hydrogen-bond donors (Lipinski definition) is 1. The van der Waals surface area contributed by atoms with Crippen molar-refractivity contribution in [2.24, 2.45) is 5.92 Å². The summed E-state index contributed by atoms with van der Waals surface area (Å²) in [5.74, 6) is -0.217. The van der Waals surface area contributed by atoms with E-state index in [2.05, 4.69) is 12.2 Å². The fourth-order valence-electron chi connectivity index (χ4n) is 3.45. The molecule has 0 aromatic heterocycles. The Morgan fingerprint density at radius 2 is 1.82 bits per heavy atom. The Morgan fingerprint density at radius 1 is 1.18 bits per heavy atom. The van der Waals surface area contributed by atoms with Crippen molar-refractivity contribution in [3.05, 3.63) is 0 Å². The van der Waals surface area contributed by atoms with Gasteiger partial charge in [0.1, 0.15) is 0 Å². The van der Waals surface area contributed by atoms with Gasteiger partial charge in [-0.3, -0.25) is 4.79 Å². The molecule has 2 aliphatic rings. The van der Waals surface area contributed by atoms with Crippen LogP contribution in [0.3, 0.4) is 0 Å². The standard InChI is InChI=1S/C15H29N3O3S/c1-15(9-5-4-6-10-15)16-14(19)13-8-7-11-18(12-13)22(20,21)17(2)3/h13H,4-12H2,1-3H3,(H,16,19). The molecule has 2 rings (SSSR count). The lowest BCUT2D eigenvalue weighted by atomic mass is 9.82. The monoisotopic (exact) mass is 331 g/mol. The van der Waals surface area contributed by atoms with Crippen LogP contribution in [0, 0.1) is 5.92 Å². The van der Waals surface area contributed by atoms with Gasteiger partial charge in [0, 0.05) is 32.7 Å². The molecule has 1 saturated heterocycles. The number of carbonyl (C=O) groups excluding carboxylic acids is 1. The van der Waals surface area contributed by atoms with Gasteiger partial charge >= 0.3 is 0 Å². The summed E-state index contributed by atoms with van der Waals surface area (Å²) in [5, 5.41) is 3.19. The number of hydrogen-bond acceptors (Lipinski definition) is 3. The van der Waals surface area contributed by atoms with Crippen molar-refractivity contribution in [2.45, 2.75) is 57.4 Å². The fourth-order valence-corrected chi connectivity index (χ4v) is 4.64. The van der Waals surface area contributed by atoms with Crippen molar-refractivity contribution in [3.63, 3.8) is 0 Å². The smallest absolute Gasteiger partial charge is 0.281 e. The zero-order chi connectivity index (χ0) is 16.4. The molecule has 0 aromatic rings. The van der Waals surface area contributed by atoms with Crippen molar-refractivity contribution < 1.29 is 13.2 Å². The van der Waals surface area contributed by atoms with Crippen molar-refractivity contribution in [2.75, 3.05) is 27.2 Å². The summed E-state index contributed by atoms with van der Waals surface area (Å²) in [4.78, 5) is 12.6. The topological polar surface area (TPSA) is 69.7 Å². The van der Waals surface area contributed by atoms with E-state index >= 15 is 0 Å². The Bertz CT molecular complexity index is 498. The highest BCUT2D eigenvalue weighted by molar-refractivity contribution is 7.86. The van der Waals surface area contributed by atoms with Crippen LogP contribution in [0.2, 0.25) is 0 Å². The highest BCUT2D eigenvalue weighted by Gasteiger charge is 2.36. The van der Waals surface area contributed by atoms with E-state index in [-0.39, 0.29) is 17.4 Å². The molecule has 1 N–H and O–H groups in total. The largest absolute Gasteiger partial charge is 0.351 e. The van der Waals surface area contributed by atoms with Gasteiger partial charge in [-0.2, -0.15) is 17.0 Å². The van der Waals surface area contributed by atoms with E-state index in [0.717, 1.165) is 38.5 Å². The van der Waals surface area contributed by atoms with Crippen LogP contribution in [0.15, 0.2) is 0 Å². The van der Waals surface area contributed by atoms with E-state index in [9.17, 15) is 13.2 Å². The minimum atomic E-state index is -3.43. The number of nitrogens with zero attached hydrogens (tertiary/aromatic N) is 2. The molecule has 1 aliphatic heterocycles. The molecule has 1 amide bonds. The van der Waals surface area contributed by atoms with Gasteiger partial charge in [-0.1, -0.05) is 19.3 Å². The van der Waals surface area contributed by atoms with E-state index in [0.29, 0.717) is 13.1 Å². The highest BCUT2D eigenvalue weighted by Crippen LogP contribution is 2.29. The van der Waals surface area contributed by atoms with Crippen LogP contribution in [0.4, 0.5) is 0 Å². The SMILES string of the molecule is CN(C)S(=O)(=O)N1CCCC(C(=O)NC2(C)CCCCC2)C1. The zero-order valence-corrected chi connectivity index (χ0v) is 14.8. The molecule has 0 aromatic carbocycles. The molecule has 128 valence electrons. The number of carbonyl (C=O) groups is 1. The van der Waals surface area contributed by atoms with E-state index in [1.165, 1.54) is 29.1 Å². The first-order valence-electron chi connectivity index (χ1n) is 8.24. The number of nitrogens with one attached hydrogen (secondary N) is 1. The molecular formula is C15H29N3O3S. The van der Waals surface area contributed by atoms with Gasteiger partial charge in [0.2, 0.25) is 5.91 Å². The third-order valence-corrected chi connectivity index (χ3v) is 6.83. The van der Waals surface area contributed by atoms with Crippen LogP contribution in [0.1, 0.15) is 51.9 Å². The first kappa shape index (κ1) is 17.7. The van der Waals surface area contributed by atoms with Gasteiger partial charge in [-0.25, -0.2) is 0 Å². The van der Waals surface area contributed by atoms with Gasteiger partial charge in [0.25, 0.3) is 10.2 Å². The van der Waals surface area contributed by atoms with Gasteiger partial charge < -0.3 is 5.32 Å². The molecule has 0 radical (unpaired) electrons. The van der Waals surface area contributed by atoms with E-state index < -0.39 is 10.2 Å². The predicted molar refractivity (Wildman–Crippen MR) is 86.5 cm³/mol. The Balaban J connectivity index is 1.98. The molecule has 7 heteroatoms. The van der Waals surface area contributed by atoms with Gasteiger partial charge in [-0.15, -0.1) is 0 Å². The Kier molecular flexibility index (Phi) is 5.50. The number of amides is 1. The molecule has 1 atom stereocenters. The first-order valence-corrected chi connectivity index (χ1v) is 9.64. The second-order valence-electron chi connectivity index (χ2n) is 7.10. The molecule has 1 heterocycles. The average molecular weight is 331 g/mol. The van der Waals surface area contributed by atoms with Crippen molar-refractivity contribution in [3.8, 4) is 0 Å². The normalized spacial score (nSPS) is 26.8. The molecule has 0 bridgehead atoms. The van der Waals surface area contributed by atoms with Crippen LogP contribution < -0.4 is 5.32 Å². The van der Waals surface area contributed by atoms with Gasteiger partial charge in [0.15, 0.2) is 0 Å². The molecule has 0 spiro atoms. The zero-order valence-electron chi connectivity index (χ0n) is 14.0. The Morgan fingerprint density at radius 3 is 2.41 bits per heavy atom. The molecule has 1 unspecified atom stereocenters. The van der Waals surface area contributed by atoms with E-state index in [4.69, 9.17) is 0 Å². The molecule has 6 nitrogen and oxygen atoms in total.